The van der Waals surface area contributed by atoms with E-state index in [2.05, 4.69) is 16.5 Å². The summed E-state index contributed by atoms with van der Waals surface area (Å²) in [5, 5.41) is -1.09. The van der Waals surface area contributed by atoms with Crippen LogP contribution in [0.15, 0.2) is 64.8 Å². The van der Waals surface area contributed by atoms with E-state index < -0.39 is 67.1 Å². The number of fused-ring (bicyclic) bond motifs is 1. The van der Waals surface area contributed by atoms with E-state index in [1.807, 2.05) is 0 Å². The van der Waals surface area contributed by atoms with Crippen LogP contribution in [0.2, 0.25) is 0 Å². The van der Waals surface area contributed by atoms with Crippen molar-refractivity contribution in [2.75, 3.05) is 24.5 Å². The molecule has 0 radical (unpaired) electrons. The van der Waals surface area contributed by atoms with Crippen molar-refractivity contribution < 1.29 is 35.2 Å². The Morgan fingerprint density at radius 3 is 2.36 bits per heavy atom. The number of amides is 1. The van der Waals surface area contributed by atoms with Gasteiger partial charge in [-0.3, -0.25) is 4.79 Å². The summed E-state index contributed by atoms with van der Waals surface area (Å²) in [7, 11) is -4.08. The number of anilines is 1. The van der Waals surface area contributed by atoms with Crippen LogP contribution in [0.3, 0.4) is 0 Å². The van der Waals surface area contributed by atoms with E-state index in [-0.39, 0.29) is 52.9 Å². The maximum Gasteiger partial charge on any atom is 0.417 e. The zero-order valence-electron chi connectivity index (χ0n) is 25.8. The van der Waals surface area contributed by atoms with Gasteiger partial charge in [0.1, 0.15) is 17.3 Å². The lowest BCUT2D eigenvalue weighted by atomic mass is 10.0. The molecule has 0 spiro atoms. The van der Waals surface area contributed by atoms with Gasteiger partial charge in [-0.2, -0.15) is 18.2 Å². The third-order valence-electron chi connectivity index (χ3n) is 8.09. The molecule has 2 aromatic carbocycles. The number of benzene rings is 2. The Balaban J connectivity index is 1.90. The molecule has 5 rings (SSSR count). The van der Waals surface area contributed by atoms with Gasteiger partial charge < -0.3 is 9.80 Å². The summed E-state index contributed by atoms with van der Waals surface area (Å²) in [5.41, 5.74) is -5.14. The number of rotatable bonds is 6. The first-order chi connectivity index (χ1) is 22.0. The van der Waals surface area contributed by atoms with Gasteiger partial charge in [0.25, 0.3) is 0 Å². The predicted octanol–water partition coefficient (Wildman–Crippen LogP) is 5.46. The van der Waals surface area contributed by atoms with Crippen molar-refractivity contribution in [3.63, 3.8) is 0 Å². The van der Waals surface area contributed by atoms with Crippen LogP contribution < -0.4 is 10.6 Å². The van der Waals surface area contributed by atoms with Crippen molar-refractivity contribution in [1.82, 2.24) is 19.4 Å². The van der Waals surface area contributed by atoms with Crippen LogP contribution in [0, 0.1) is 18.6 Å². The zero-order valence-corrected chi connectivity index (χ0v) is 26.6. The van der Waals surface area contributed by atoms with Crippen molar-refractivity contribution >= 4 is 32.6 Å². The van der Waals surface area contributed by atoms with Gasteiger partial charge >= 0.3 is 11.9 Å². The molecular weight excluding hydrogens is 645 g/mol. The van der Waals surface area contributed by atoms with Crippen molar-refractivity contribution in [2.24, 2.45) is 0 Å². The van der Waals surface area contributed by atoms with Crippen LogP contribution in [0.1, 0.15) is 31.9 Å². The van der Waals surface area contributed by atoms with E-state index in [0.29, 0.717) is 6.07 Å². The summed E-state index contributed by atoms with van der Waals surface area (Å²) in [6.45, 7) is 10.1. The van der Waals surface area contributed by atoms with Crippen LogP contribution in [-0.4, -0.2) is 64.7 Å². The van der Waals surface area contributed by atoms with Crippen LogP contribution in [-0.2, 0) is 20.8 Å². The molecule has 0 bridgehead atoms. The molecule has 0 N–H and O–H groups in total. The van der Waals surface area contributed by atoms with Gasteiger partial charge in [-0.1, -0.05) is 24.8 Å². The largest absolute Gasteiger partial charge is 0.417 e. The molecule has 1 saturated heterocycles. The fourth-order valence-electron chi connectivity index (χ4n) is 5.71. The van der Waals surface area contributed by atoms with Gasteiger partial charge in [0.05, 0.1) is 32.3 Å². The van der Waals surface area contributed by atoms with Gasteiger partial charge in [-0.15, -0.1) is 0 Å². The van der Waals surface area contributed by atoms with Crippen LogP contribution in [0.4, 0.5) is 27.8 Å². The molecule has 1 aliphatic rings. The third kappa shape index (κ3) is 5.88. The molecule has 1 amide bonds. The second-order valence-corrected chi connectivity index (χ2v) is 13.9. The van der Waals surface area contributed by atoms with E-state index in [0.717, 1.165) is 28.8 Å². The molecule has 248 valence electrons. The number of hydrogen-bond acceptors (Lipinski definition) is 7. The zero-order chi connectivity index (χ0) is 34.6. The number of piperazine rings is 1. The molecule has 0 saturated carbocycles. The van der Waals surface area contributed by atoms with Crippen LogP contribution >= 0.6 is 0 Å². The van der Waals surface area contributed by atoms with E-state index in [4.69, 9.17) is 0 Å². The maximum atomic E-state index is 16.0. The number of aryl methyl sites for hydroxylation is 1. The van der Waals surface area contributed by atoms with E-state index >= 15 is 8.78 Å². The fraction of sp³-hybridized carbons (Fsp3) is 0.312. The molecule has 47 heavy (non-hydrogen) atoms. The first-order valence-electron chi connectivity index (χ1n) is 14.5. The number of nitrogens with zero attached hydrogens (tertiary/aromatic N) is 5. The minimum Gasteiger partial charge on any atom is -0.350 e. The molecular formula is C32H30F5N5O4S. The van der Waals surface area contributed by atoms with Crippen molar-refractivity contribution in [2.45, 2.75) is 50.1 Å². The molecule has 1 atom stereocenters. The minimum atomic E-state index is -5.10. The van der Waals surface area contributed by atoms with Crippen LogP contribution in [0.5, 0.6) is 0 Å². The number of aromatic nitrogens is 3. The lowest BCUT2D eigenvalue weighted by Gasteiger charge is -2.40. The second kappa shape index (κ2) is 12.2. The number of hydrogen-bond donors (Lipinski definition) is 0. The lowest BCUT2D eigenvalue weighted by molar-refractivity contribution is -0.137. The molecule has 1 fully saturated rings. The van der Waals surface area contributed by atoms with E-state index in [9.17, 15) is 31.2 Å². The van der Waals surface area contributed by atoms with Gasteiger partial charge in [0.2, 0.25) is 5.91 Å². The summed E-state index contributed by atoms with van der Waals surface area (Å²) >= 11 is 0. The Hall–Kier alpha value is -4.66. The summed E-state index contributed by atoms with van der Waals surface area (Å²) < 4.78 is 101. The number of para-hydroxylation sites is 1. The second-order valence-electron chi connectivity index (χ2n) is 11.4. The van der Waals surface area contributed by atoms with E-state index in [1.54, 1.807) is 11.8 Å². The van der Waals surface area contributed by atoms with Gasteiger partial charge in [-0.05, 0) is 63.6 Å². The molecule has 0 unspecified atom stereocenters. The molecule has 15 heteroatoms. The van der Waals surface area contributed by atoms with Crippen molar-refractivity contribution in [1.29, 1.82) is 0 Å². The van der Waals surface area contributed by atoms with Crippen molar-refractivity contribution in [3.05, 3.63) is 88.4 Å². The summed E-state index contributed by atoms with van der Waals surface area (Å²) in [5.74, 6) is -3.17. The SMILES string of the molecule is C=CC(=O)N1CCN(c2nc(=O)n(-c3c(C)cccc3S(=O)(=O)C(C)C)c3nc(-c4c(F)cccc4C(F)(F)F)c(F)cc23)[C@@H](C)C1. The molecule has 1 aliphatic heterocycles. The van der Waals surface area contributed by atoms with E-state index in [1.165, 1.54) is 43.9 Å². The lowest BCUT2D eigenvalue weighted by Crippen LogP contribution is -2.54. The normalized spacial score (nSPS) is 15.8. The first-order valence-corrected chi connectivity index (χ1v) is 16.0. The number of carbonyl (C=O) groups is 1. The monoisotopic (exact) mass is 675 g/mol. The van der Waals surface area contributed by atoms with Gasteiger partial charge in [-0.25, -0.2) is 31.5 Å². The number of alkyl halides is 3. The molecule has 0 aliphatic carbocycles. The highest BCUT2D eigenvalue weighted by Gasteiger charge is 2.37. The fourth-order valence-corrected chi connectivity index (χ4v) is 7.00. The summed E-state index contributed by atoms with van der Waals surface area (Å²) in [6.07, 6.45) is -3.95. The average Bonchev–Trinajstić information content (AvgIpc) is 3.00. The molecule has 3 heterocycles. The van der Waals surface area contributed by atoms with Crippen LogP contribution in [0.25, 0.3) is 28.0 Å². The molecule has 4 aromatic rings. The number of carbonyl (C=O) groups excluding carboxylic acids is 1. The van der Waals surface area contributed by atoms with Crippen molar-refractivity contribution in [3.8, 4) is 16.9 Å². The number of sulfone groups is 1. The first kappa shape index (κ1) is 33.7. The number of halogens is 5. The summed E-state index contributed by atoms with van der Waals surface area (Å²) in [4.78, 5) is 37.5. The smallest absolute Gasteiger partial charge is 0.350 e. The Bertz CT molecular complexity index is 2100. The Morgan fingerprint density at radius 1 is 1.06 bits per heavy atom. The highest BCUT2D eigenvalue weighted by Crippen LogP contribution is 2.40. The quantitative estimate of drug-likeness (QED) is 0.198. The number of pyridine rings is 1. The maximum absolute atomic E-state index is 16.0. The summed E-state index contributed by atoms with van der Waals surface area (Å²) in [6, 6.07) is 6.70. The predicted molar refractivity (Wildman–Crippen MR) is 166 cm³/mol. The molecule has 9 nitrogen and oxygen atoms in total. The minimum absolute atomic E-state index is 0.0937. The standard InChI is InChI=1S/C32H30F5N5O4S/c1-6-25(43)40-13-14-41(19(5)16-40)29-20-15-23(34)27(26-21(32(35,36)37)10-8-11-22(26)33)38-30(20)42(31(44)39-29)28-18(4)9-7-12-24(28)47(45,46)17(2)3/h6-12,15,17,19H,1,13-14,16H2,2-5H3/t19-/m0/s1. The van der Waals surface area contributed by atoms with Gasteiger partial charge in [0.15, 0.2) is 21.3 Å². The van der Waals surface area contributed by atoms with Gasteiger partial charge in [0, 0.05) is 25.7 Å². The third-order valence-corrected chi connectivity index (χ3v) is 10.3. The highest BCUT2D eigenvalue weighted by molar-refractivity contribution is 7.92. The topological polar surface area (TPSA) is 105 Å². The Labute approximate surface area is 266 Å². The molecule has 2 aromatic heterocycles. The Morgan fingerprint density at radius 2 is 1.74 bits per heavy atom. The average molecular weight is 676 g/mol. The Kier molecular flexibility index (Phi) is 8.73. The highest BCUT2D eigenvalue weighted by atomic mass is 32.2.